The van der Waals surface area contributed by atoms with Crippen LogP contribution >= 0.6 is 34.5 Å². The van der Waals surface area contributed by atoms with Crippen LogP contribution in [-0.2, 0) is 0 Å². The van der Waals surface area contributed by atoms with Gasteiger partial charge in [0.15, 0.2) is 10.9 Å². The molecule has 1 heterocycles. The van der Waals surface area contributed by atoms with Gasteiger partial charge in [-0.15, -0.1) is 11.3 Å². The van der Waals surface area contributed by atoms with Gasteiger partial charge >= 0.3 is 6.61 Å². The highest BCUT2D eigenvalue weighted by Gasteiger charge is 2.16. The number of thiazole rings is 1. The third kappa shape index (κ3) is 3.93. The van der Waals surface area contributed by atoms with E-state index in [1.165, 1.54) is 17.5 Å². The first kappa shape index (κ1) is 15.7. The van der Waals surface area contributed by atoms with Gasteiger partial charge in [0.2, 0.25) is 0 Å². The van der Waals surface area contributed by atoms with Crippen LogP contribution in [0.4, 0.5) is 19.6 Å². The average Bonchev–Trinajstić information content (AvgIpc) is 2.80. The minimum atomic E-state index is -3.06. The predicted molar refractivity (Wildman–Crippen MR) is 77.6 cm³/mol. The van der Waals surface area contributed by atoms with Crippen molar-refractivity contribution in [2.24, 2.45) is 0 Å². The number of benzene rings is 1. The monoisotopic (exact) mass is 353 g/mol. The highest BCUT2D eigenvalue weighted by atomic mass is 35.5. The van der Waals surface area contributed by atoms with Crippen LogP contribution in [0.2, 0.25) is 10.0 Å². The smallest absolute Gasteiger partial charge is 0.387 e. The summed E-state index contributed by atoms with van der Waals surface area (Å²) in [7, 11) is 0. The Bertz CT molecular complexity index is 658. The third-order valence-electron chi connectivity index (χ3n) is 2.22. The second-order valence-corrected chi connectivity index (χ2v) is 5.38. The Kier molecular flexibility index (Phi) is 4.81. The third-order valence-corrected chi connectivity index (χ3v) is 3.45. The van der Waals surface area contributed by atoms with Gasteiger partial charge in [0.05, 0.1) is 10.0 Å². The second kappa shape index (κ2) is 6.42. The molecule has 1 aromatic carbocycles. The first-order chi connectivity index (χ1) is 9.86. The van der Waals surface area contributed by atoms with E-state index in [4.69, 9.17) is 28.9 Å². The Hall–Kier alpha value is -1.64. The van der Waals surface area contributed by atoms with Crippen molar-refractivity contribution in [3.8, 4) is 5.75 Å². The molecule has 21 heavy (non-hydrogen) atoms. The van der Waals surface area contributed by atoms with Gasteiger partial charge in [-0.25, -0.2) is 4.98 Å². The maximum atomic E-state index is 12.2. The van der Waals surface area contributed by atoms with Crippen molar-refractivity contribution in [3.05, 3.63) is 33.3 Å². The van der Waals surface area contributed by atoms with Crippen molar-refractivity contribution in [2.45, 2.75) is 6.61 Å². The van der Waals surface area contributed by atoms with E-state index in [-0.39, 0.29) is 32.3 Å². The fraction of sp³-hybridized carbons (Fsp3) is 0.0909. The molecule has 0 radical (unpaired) electrons. The number of nitrogens with two attached hydrogens (primary N) is 1. The molecule has 2 aromatic rings. The number of rotatable bonds is 4. The van der Waals surface area contributed by atoms with Gasteiger partial charge in [-0.05, 0) is 12.1 Å². The second-order valence-electron chi connectivity index (χ2n) is 3.67. The van der Waals surface area contributed by atoms with Gasteiger partial charge in [-0.1, -0.05) is 23.2 Å². The lowest BCUT2D eigenvalue weighted by molar-refractivity contribution is -0.0497. The molecule has 3 N–H and O–H groups in total. The van der Waals surface area contributed by atoms with Crippen molar-refractivity contribution in [1.29, 1.82) is 0 Å². The molecule has 10 heteroatoms. The molecule has 0 saturated carbocycles. The first-order valence-corrected chi connectivity index (χ1v) is 6.96. The van der Waals surface area contributed by atoms with Gasteiger partial charge in [-0.2, -0.15) is 8.78 Å². The van der Waals surface area contributed by atoms with E-state index in [2.05, 4.69) is 15.0 Å². The summed E-state index contributed by atoms with van der Waals surface area (Å²) in [5, 5.41) is 3.88. The fourth-order valence-corrected chi connectivity index (χ4v) is 2.54. The average molecular weight is 354 g/mol. The molecule has 112 valence electrons. The number of nitrogen functional groups attached to an aromatic ring is 1. The Morgan fingerprint density at radius 2 is 2.00 bits per heavy atom. The summed E-state index contributed by atoms with van der Waals surface area (Å²) in [6, 6.07) is 2.47. The standard InChI is InChI=1S/C11H7Cl2F2N3O2S/c12-5-1-4(2-6(13)8(5)20-10(14)15)17-9(19)7-3-21-11(16)18-7/h1-3,10H,(H2,16,18)(H,17,19). The minimum Gasteiger partial charge on any atom is -0.432 e. The van der Waals surface area contributed by atoms with Crippen molar-refractivity contribution in [3.63, 3.8) is 0 Å². The van der Waals surface area contributed by atoms with Crippen LogP contribution in [0.3, 0.4) is 0 Å². The van der Waals surface area contributed by atoms with Crippen molar-refractivity contribution < 1.29 is 18.3 Å². The molecule has 0 atom stereocenters. The summed E-state index contributed by atoms with van der Waals surface area (Å²) < 4.78 is 28.6. The highest BCUT2D eigenvalue weighted by molar-refractivity contribution is 7.13. The molecule has 0 unspecified atom stereocenters. The predicted octanol–water partition coefficient (Wildman–Crippen LogP) is 3.89. The highest BCUT2D eigenvalue weighted by Crippen LogP contribution is 2.37. The summed E-state index contributed by atoms with van der Waals surface area (Å²) >= 11 is 12.7. The van der Waals surface area contributed by atoms with Gasteiger partial charge < -0.3 is 15.8 Å². The Labute approximate surface area is 131 Å². The topological polar surface area (TPSA) is 77.2 Å². The molecule has 0 aliphatic heterocycles. The molecule has 1 aromatic heterocycles. The quantitative estimate of drug-likeness (QED) is 0.873. The van der Waals surface area contributed by atoms with Gasteiger partial charge in [0, 0.05) is 11.1 Å². The summed E-state index contributed by atoms with van der Waals surface area (Å²) in [5.74, 6) is -0.887. The molecule has 0 bridgehead atoms. The van der Waals surface area contributed by atoms with Crippen LogP contribution < -0.4 is 15.8 Å². The normalized spacial score (nSPS) is 10.7. The molecule has 0 spiro atoms. The molecular formula is C11H7Cl2F2N3O2S. The van der Waals surface area contributed by atoms with Crippen molar-refractivity contribution >= 4 is 51.3 Å². The number of aromatic nitrogens is 1. The van der Waals surface area contributed by atoms with Crippen LogP contribution in [0, 0.1) is 0 Å². The number of anilines is 2. The number of nitrogens with zero attached hydrogens (tertiary/aromatic N) is 1. The zero-order chi connectivity index (χ0) is 15.6. The zero-order valence-electron chi connectivity index (χ0n) is 10.1. The first-order valence-electron chi connectivity index (χ1n) is 5.33. The maximum Gasteiger partial charge on any atom is 0.387 e. The molecule has 1 amide bonds. The lowest BCUT2D eigenvalue weighted by Gasteiger charge is -2.11. The van der Waals surface area contributed by atoms with E-state index in [0.717, 1.165) is 11.3 Å². The Morgan fingerprint density at radius 3 is 2.48 bits per heavy atom. The molecular weight excluding hydrogens is 347 g/mol. The number of ether oxygens (including phenoxy) is 1. The van der Waals surface area contributed by atoms with Gasteiger partial charge in [0.25, 0.3) is 5.91 Å². The van der Waals surface area contributed by atoms with E-state index in [0.29, 0.717) is 0 Å². The number of hydrogen-bond donors (Lipinski definition) is 2. The molecule has 0 fully saturated rings. The van der Waals surface area contributed by atoms with Crippen molar-refractivity contribution in [1.82, 2.24) is 4.98 Å². The SMILES string of the molecule is Nc1nc(C(=O)Nc2cc(Cl)c(OC(F)F)c(Cl)c2)cs1. The van der Waals surface area contributed by atoms with Crippen LogP contribution in [0.15, 0.2) is 17.5 Å². The van der Waals surface area contributed by atoms with Crippen LogP contribution in [0.25, 0.3) is 0 Å². The lowest BCUT2D eigenvalue weighted by Crippen LogP contribution is -2.12. The van der Waals surface area contributed by atoms with Crippen molar-refractivity contribution in [2.75, 3.05) is 11.1 Å². The molecule has 0 aliphatic carbocycles. The summed E-state index contributed by atoms with van der Waals surface area (Å²) in [5.41, 5.74) is 5.76. The number of nitrogens with one attached hydrogen (secondary N) is 1. The molecule has 2 rings (SSSR count). The Balaban J connectivity index is 2.20. The van der Waals surface area contributed by atoms with E-state index in [1.807, 2.05) is 0 Å². The van der Waals surface area contributed by atoms with E-state index in [1.54, 1.807) is 0 Å². The maximum absolute atomic E-state index is 12.2. The lowest BCUT2D eigenvalue weighted by atomic mass is 10.3. The fourth-order valence-electron chi connectivity index (χ4n) is 1.42. The van der Waals surface area contributed by atoms with Gasteiger partial charge in [0.1, 0.15) is 5.69 Å². The number of carbonyl (C=O) groups is 1. The van der Waals surface area contributed by atoms with Gasteiger partial charge in [-0.3, -0.25) is 4.79 Å². The number of halogens is 4. The van der Waals surface area contributed by atoms with Crippen LogP contribution in [0.1, 0.15) is 10.5 Å². The minimum absolute atomic E-state index is 0.123. The number of amides is 1. The molecule has 0 saturated heterocycles. The molecule has 0 aliphatic rings. The zero-order valence-corrected chi connectivity index (χ0v) is 12.4. The summed E-state index contributed by atoms with van der Waals surface area (Å²) in [6.07, 6.45) is 0. The molecule has 5 nitrogen and oxygen atoms in total. The van der Waals surface area contributed by atoms with E-state index >= 15 is 0 Å². The van der Waals surface area contributed by atoms with Crippen LogP contribution in [0.5, 0.6) is 5.75 Å². The Morgan fingerprint density at radius 1 is 1.38 bits per heavy atom. The largest absolute Gasteiger partial charge is 0.432 e. The number of carbonyl (C=O) groups excluding carboxylic acids is 1. The number of alkyl halides is 2. The number of hydrogen-bond acceptors (Lipinski definition) is 5. The summed E-state index contributed by atoms with van der Waals surface area (Å²) in [4.78, 5) is 15.7. The summed E-state index contributed by atoms with van der Waals surface area (Å²) in [6.45, 7) is -3.06. The van der Waals surface area contributed by atoms with E-state index in [9.17, 15) is 13.6 Å². The van der Waals surface area contributed by atoms with Crippen LogP contribution in [-0.4, -0.2) is 17.5 Å². The van der Waals surface area contributed by atoms with E-state index < -0.39 is 12.5 Å².